The molecule has 0 bridgehead atoms. The van der Waals surface area contributed by atoms with E-state index < -0.39 is 10.8 Å². The Bertz CT molecular complexity index is 1290. The van der Waals surface area contributed by atoms with E-state index in [1.165, 1.54) is 25.5 Å². The van der Waals surface area contributed by atoms with Crippen LogP contribution in [-0.4, -0.2) is 36.7 Å². The van der Waals surface area contributed by atoms with Gasteiger partial charge < -0.3 is 19.5 Å². The second kappa shape index (κ2) is 14.0. The number of carbonyl (C=O) groups excluding carboxylic acids is 2. The molecule has 3 aromatic rings. The van der Waals surface area contributed by atoms with Gasteiger partial charge in [-0.3, -0.25) is 19.7 Å². The van der Waals surface area contributed by atoms with E-state index >= 15 is 0 Å². The zero-order valence-electron chi connectivity index (χ0n) is 21.0. The number of nitro benzene ring substituents is 1. The predicted octanol–water partition coefficient (Wildman–Crippen LogP) is 4.45. The summed E-state index contributed by atoms with van der Waals surface area (Å²) in [6.45, 7) is 2.44. The second-order valence-corrected chi connectivity index (χ2v) is 7.89. The van der Waals surface area contributed by atoms with Gasteiger partial charge in [0.1, 0.15) is 12.4 Å². The number of ether oxygens (including phenoxy) is 3. The van der Waals surface area contributed by atoms with Crippen LogP contribution in [0.15, 0.2) is 71.8 Å². The first-order valence-corrected chi connectivity index (χ1v) is 11.8. The number of hydrogen-bond acceptors (Lipinski definition) is 8. The smallest absolute Gasteiger partial charge is 0.269 e. The summed E-state index contributed by atoms with van der Waals surface area (Å²) in [5.41, 5.74) is 4.37. The van der Waals surface area contributed by atoms with Gasteiger partial charge in [0.25, 0.3) is 5.69 Å². The maximum atomic E-state index is 12.2. The Balaban J connectivity index is 1.50. The monoisotopic (exact) mass is 520 g/mol. The van der Waals surface area contributed by atoms with Gasteiger partial charge in [-0.2, -0.15) is 5.10 Å². The van der Waals surface area contributed by atoms with Gasteiger partial charge in [0.05, 0.1) is 30.5 Å². The summed E-state index contributed by atoms with van der Waals surface area (Å²) in [6, 6.07) is 18.3. The number of benzene rings is 3. The van der Waals surface area contributed by atoms with Gasteiger partial charge in [0, 0.05) is 25.0 Å². The van der Waals surface area contributed by atoms with Crippen molar-refractivity contribution < 1.29 is 28.7 Å². The number of hydrogen-bond donors (Lipinski definition) is 2. The van der Waals surface area contributed by atoms with Crippen molar-refractivity contribution in [2.24, 2.45) is 5.10 Å². The highest BCUT2D eigenvalue weighted by atomic mass is 16.6. The average molecular weight is 521 g/mol. The Morgan fingerprint density at radius 3 is 2.39 bits per heavy atom. The maximum Gasteiger partial charge on any atom is 0.269 e. The number of methoxy groups -OCH3 is 1. The zero-order valence-corrected chi connectivity index (χ0v) is 21.0. The van der Waals surface area contributed by atoms with E-state index in [2.05, 4.69) is 15.8 Å². The Hall–Kier alpha value is -4.93. The van der Waals surface area contributed by atoms with E-state index in [9.17, 15) is 19.7 Å². The Morgan fingerprint density at radius 1 is 0.947 bits per heavy atom. The second-order valence-electron chi connectivity index (χ2n) is 7.89. The van der Waals surface area contributed by atoms with Crippen LogP contribution < -0.4 is 25.0 Å². The van der Waals surface area contributed by atoms with Crippen molar-refractivity contribution in [3.63, 3.8) is 0 Å². The van der Waals surface area contributed by atoms with E-state index in [1.807, 2.05) is 6.92 Å². The summed E-state index contributed by atoms with van der Waals surface area (Å²) in [4.78, 5) is 34.6. The van der Waals surface area contributed by atoms with Crippen LogP contribution in [0.1, 0.15) is 30.9 Å². The molecule has 0 aliphatic rings. The molecular weight excluding hydrogens is 492 g/mol. The molecule has 0 aliphatic carbocycles. The lowest BCUT2D eigenvalue weighted by Gasteiger charge is -2.12. The van der Waals surface area contributed by atoms with Crippen LogP contribution in [0.2, 0.25) is 0 Å². The number of nitrogens with one attached hydrogen (secondary N) is 2. The molecule has 38 heavy (non-hydrogen) atoms. The van der Waals surface area contributed by atoms with Crippen molar-refractivity contribution in [3.8, 4) is 17.2 Å². The number of amides is 2. The van der Waals surface area contributed by atoms with Gasteiger partial charge in [-0.15, -0.1) is 0 Å². The molecule has 0 saturated carbocycles. The normalized spacial score (nSPS) is 10.6. The van der Waals surface area contributed by atoms with Crippen LogP contribution in [0, 0.1) is 10.1 Å². The number of carbonyl (C=O) groups is 2. The summed E-state index contributed by atoms with van der Waals surface area (Å²) in [6.07, 6.45) is 1.39. The fourth-order valence-electron chi connectivity index (χ4n) is 3.29. The lowest BCUT2D eigenvalue weighted by Crippen LogP contribution is -2.20. The number of non-ortho nitro benzene ring substituents is 1. The van der Waals surface area contributed by atoms with Crippen LogP contribution in [0.4, 0.5) is 11.4 Å². The number of nitrogens with zero attached hydrogens (tertiary/aromatic N) is 2. The quantitative estimate of drug-likeness (QED) is 0.193. The largest absolute Gasteiger partial charge is 0.495 e. The van der Waals surface area contributed by atoms with Crippen molar-refractivity contribution in [3.05, 3.63) is 88.0 Å². The summed E-state index contributed by atoms with van der Waals surface area (Å²) in [7, 11) is 1.51. The van der Waals surface area contributed by atoms with Crippen molar-refractivity contribution in [2.45, 2.75) is 26.4 Å². The number of nitro groups is 1. The van der Waals surface area contributed by atoms with Crippen molar-refractivity contribution in [1.82, 2.24) is 5.43 Å². The van der Waals surface area contributed by atoms with Gasteiger partial charge in [0.2, 0.25) is 11.8 Å². The third kappa shape index (κ3) is 8.33. The van der Waals surface area contributed by atoms with Crippen LogP contribution in [-0.2, 0) is 16.2 Å². The van der Waals surface area contributed by atoms with Crippen molar-refractivity contribution in [1.29, 1.82) is 0 Å². The van der Waals surface area contributed by atoms with Gasteiger partial charge >= 0.3 is 0 Å². The van der Waals surface area contributed by atoms with E-state index in [4.69, 9.17) is 14.2 Å². The summed E-state index contributed by atoms with van der Waals surface area (Å²) >= 11 is 0. The molecule has 0 aromatic heterocycles. The molecule has 0 unspecified atom stereocenters. The summed E-state index contributed by atoms with van der Waals surface area (Å²) in [5.74, 6) is 0.776. The van der Waals surface area contributed by atoms with E-state index in [-0.39, 0.29) is 31.0 Å². The number of anilines is 1. The molecular formula is C27H28N4O7. The molecule has 0 atom stereocenters. The molecule has 2 amide bonds. The third-order valence-corrected chi connectivity index (χ3v) is 5.17. The zero-order chi connectivity index (χ0) is 27.3. The standard InChI is InChI=1S/C27H28N4O7/c1-3-37-25-16-20(10-13-24(25)38-18-19-8-11-21(12-9-19)31(34)35)17-28-30-27(33)15-14-26(32)29-22-6-4-5-7-23(22)36-2/h4-13,16-17H,3,14-15,18H2,1-2H3,(H,29,32)(H,30,33). The summed E-state index contributed by atoms with van der Waals surface area (Å²) < 4.78 is 16.7. The molecule has 0 fully saturated rings. The lowest BCUT2D eigenvalue weighted by molar-refractivity contribution is -0.384. The van der Waals surface area contributed by atoms with E-state index in [0.717, 1.165) is 5.56 Å². The van der Waals surface area contributed by atoms with Gasteiger partial charge in [0.15, 0.2) is 11.5 Å². The Labute approximate surface area is 219 Å². The lowest BCUT2D eigenvalue weighted by atomic mass is 10.2. The average Bonchev–Trinajstić information content (AvgIpc) is 2.92. The van der Waals surface area contributed by atoms with E-state index in [1.54, 1.807) is 54.6 Å². The molecule has 3 rings (SSSR count). The van der Waals surface area contributed by atoms with Crippen LogP contribution >= 0.6 is 0 Å². The molecule has 3 aromatic carbocycles. The van der Waals surface area contributed by atoms with Crippen molar-refractivity contribution >= 4 is 29.4 Å². The molecule has 11 heteroatoms. The molecule has 0 heterocycles. The minimum absolute atomic E-state index is 0.00982. The molecule has 198 valence electrons. The molecule has 0 radical (unpaired) electrons. The first-order valence-electron chi connectivity index (χ1n) is 11.8. The van der Waals surface area contributed by atoms with Crippen LogP contribution in [0.3, 0.4) is 0 Å². The first-order chi connectivity index (χ1) is 18.4. The minimum Gasteiger partial charge on any atom is -0.495 e. The SMILES string of the molecule is CCOc1cc(C=NNC(=O)CCC(=O)Nc2ccccc2OC)ccc1OCc1ccc([N+](=O)[O-])cc1. The van der Waals surface area contributed by atoms with Crippen LogP contribution in [0.25, 0.3) is 0 Å². The van der Waals surface area contributed by atoms with Crippen LogP contribution in [0.5, 0.6) is 17.2 Å². The first kappa shape index (κ1) is 27.7. The molecule has 11 nitrogen and oxygen atoms in total. The predicted molar refractivity (Wildman–Crippen MR) is 142 cm³/mol. The molecule has 0 saturated heterocycles. The Kier molecular flexibility index (Phi) is 10.2. The highest BCUT2D eigenvalue weighted by molar-refractivity contribution is 5.94. The number of para-hydroxylation sites is 2. The fraction of sp³-hybridized carbons (Fsp3) is 0.222. The highest BCUT2D eigenvalue weighted by Crippen LogP contribution is 2.29. The molecule has 0 spiro atoms. The fourth-order valence-corrected chi connectivity index (χ4v) is 3.29. The minimum atomic E-state index is -0.457. The van der Waals surface area contributed by atoms with Gasteiger partial charge in [-0.1, -0.05) is 12.1 Å². The highest BCUT2D eigenvalue weighted by Gasteiger charge is 2.10. The van der Waals surface area contributed by atoms with Gasteiger partial charge in [-0.05, 0) is 60.5 Å². The van der Waals surface area contributed by atoms with Crippen molar-refractivity contribution in [2.75, 3.05) is 19.0 Å². The Morgan fingerprint density at radius 2 is 1.68 bits per heavy atom. The van der Waals surface area contributed by atoms with Gasteiger partial charge in [-0.25, -0.2) is 5.43 Å². The maximum absolute atomic E-state index is 12.2. The molecule has 2 N–H and O–H groups in total. The summed E-state index contributed by atoms with van der Waals surface area (Å²) in [5, 5.41) is 17.5. The topological polar surface area (TPSA) is 141 Å². The third-order valence-electron chi connectivity index (χ3n) is 5.17. The molecule has 0 aliphatic heterocycles. The van der Waals surface area contributed by atoms with E-state index in [0.29, 0.717) is 35.1 Å². The number of hydrazone groups is 1. The number of rotatable bonds is 13.